The van der Waals surface area contributed by atoms with Crippen LogP contribution in [0.25, 0.3) is 21.5 Å². The molecule has 0 saturated carbocycles. The number of hydrogen-bond donors (Lipinski definition) is 0. The van der Waals surface area contributed by atoms with Crippen LogP contribution in [-0.2, 0) is 0 Å². The average molecular weight is 275 g/mol. The molecule has 0 N–H and O–H groups in total. The predicted octanol–water partition coefficient (Wildman–Crippen LogP) is 4.89. The van der Waals surface area contributed by atoms with Gasteiger partial charge in [-0.3, -0.25) is 0 Å². The molecular formula is C14H8BrF. The van der Waals surface area contributed by atoms with Crippen molar-refractivity contribution in [1.29, 1.82) is 0 Å². The van der Waals surface area contributed by atoms with Gasteiger partial charge in [0.2, 0.25) is 0 Å². The van der Waals surface area contributed by atoms with Crippen molar-refractivity contribution >= 4 is 37.5 Å². The first-order chi connectivity index (χ1) is 7.77. The minimum absolute atomic E-state index is 0.185. The highest BCUT2D eigenvalue weighted by Crippen LogP contribution is 2.33. The highest BCUT2D eigenvalue weighted by molar-refractivity contribution is 9.10. The molecule has 3 aromatic carbocycles. The van der Waals surface area contributed by atoms with Gasteiger partial charge in [0.05, 0.1) is 0 Å². The SMILES string of the molecule is Fc1cccc2cc3ccccc3c(Br)c12. The van der Waals surface area contributed by atoms with Crippen LogP contribution in [0.2, 0.25) is 0 Å². The van der Waals surface area contributed by atoms with Crippen LogP contribution in [0.15, 0.2) is 53.0 Å². The van der Waals surface area contributed by atoms with Crippen LogP contribution in [0, 0.1) is 5.82 Å². The Kier molecular flexibility index (Phi) is 2.18. The molecule has 0 amide bonds. The molecule has 0 nitrogen and oxygen atoms in total. The Balaban J connectivity index is 2.62. The Morgan fingerprint density at radius 2 is 1.62 bits per heavy atom. The lowest BCUT2D eigenvalue weighted by atomic mass is 10.0. The minimum atomic E-state index is -0.185. The van der Waals surface area contributed by atoms with E-state index >= 15 is 0 Å². The summed E-state index contributed by atoms with van der Waals surface area (Å²) in [7, 11) is 0. The highest BCUT2D eigenvalue weighted by Gasteiger charge is 2.08. The quantitative estimate of drug-likeness (QED) is 0.512. The average Bonchev–Trinajstić information content (AvgIpc) is 2.29. The second kappa shape index (κ2) is 3.56. The molecule has 3 aromatic rings. The van der Waals surface area contributed by atoms with E-state index in [2.05, 4.69) is 15.9 Å². The van der Waals surface area contributed by atoms with Gasteiger partial charge in [0.15, 0.2) is 0 Å². The van der Waals surface area contributed by atoms with Crippen LogP contribution in [0.4, 0.5) is 4.39 Å². The second-order valence-corrected chi connectivity index (χ2v) is 4.54. The molecule has 0 heterocycles. The van der Waals surface area contributed by atoms with Crippen LogP contribution in [0.1, 0.15) is 0 Å². The van der Waals surface area contributed by atoms with E-state index in [1.54, 1.807) is 6.07 Å². The van der Waals surface area contributed by atoms with Crippen molar-refractivity contribution in [3.63, 3.8) is 0 Å². The van der Waals surface area contributed by atoms with Crippen molar-refractivity contribution in [2.45, 2.75) is 0 Å². The van der Waals surface area contributed by atoms with Gasteiger partial charge in [0.1, 0.15) is 5.82 Å². The number of fused-ring (bicyclic) bond motifs is 2. The lowest BCUT2D eigenvalue weighted by Gasteiger charge is -2.06. The summed E-state index contributed by atoms with van der Waals surface area (Å²) in [6, 6.07) is 15.1. The van der Waals surface area contributed by atoms with Crippen LogP contribution in [0.5, 0.6) is 0 Å². The predicted molar refractivity (Wildman–Crippen MR) is 69.1 cm³/mol. The molecule has 0 aliphatic heterocycles. The van der Waals surface area contributed by atoms with Gasteiger partial charge in [-0.15, -0.1) is 0 Å². The number of halogens is 2. The Hall–Kier alpha value is -1.41. The van der Waals surface area contributed by atoms with E-state index in [0.717, 1.165) is 20.6 Å². The van der Waals surface area contributed by atoms with E-state index < -0.39 is 0 Å². The molecule has 0 radical (unpaired) electrons. The van der Waals surface area contributed by atoms with Gasteiger partial charge in [0, 0.05) is 9.86 Å². The third-order valence-electron chi connectivity index (χ3n) is 2.77. The molecule has 78 valence electrons. The molecule has 0 aliphatic rings. The zero-order valence-electron chi connectivity index (χ0n) is 8.37. The summed E-state index contributed by atoms with van der Waals surface area (Å²) in [5, 5.41) is 3.74. The Labute approximate surface area is 101 Å². The maximum Gasteiger partial charge on any atom is 0.132 e. The van der Waals surface area contributed by atoms with Gasteiger partial charge < -0.3 is 0 Å². The Morgan fingerprint density at radius 3 is 2.50 bits per heavy atom. The first kappa shape index (κ1) is 9.79. The van der Waals surface area contributed by atoms with Gasteiger partial charge in [0.25, 0.3) is 0 Å². The first-order valence-corrected chi connectivity index (χ1v) is 5.82. The molecule has 3 rings (SSSR count). The first-order valence-electron chi connectivity index (χ1n) is 5.03. The summed E-state index contributed by atoms with van der Waals surface area (Å²) in [6.45, 7) is 0. The zero-order chi connectivity index (χ0) is 11.1. The zero-order valence-corrected chi connectivity index (χ0v) is 9.96. The Morgan fingerprint density at radius 1 is 0.875 bits per heavy atom. The maximum atomic E-state index is 13.7. The molecule has 0 saturated heterocycles. The van der Waals surface area contributed by atoms with E-state index in [-0.39, 0.29) is 5.82 Å². The van der Waals surface area contributed by atoms with Gasteiger partial charge in [-0.2, -0.15) is 0 Å². The fourth-order valence-corrected chi connectivity index (χ4v) is 2.80. The third-order valence-corrected chi connectivity index (χ3v) is 3.60. The number of hydrogen-bond acceptors (Lipinski definition) is 0. The normalized spacial score (nSPS) is 11.1. The van der Waals surface area contributed by atoms with Crippen LogP contribution in [0.3, 0.4) is 0 Å². The van der Waals surface area contributed by atoms with Crippen molar-refractivity contribution in [2.75, 3.05) is 0 Å². The van der Waals surface area contributed by atoms with E-state index in [9.17, 15) is 4.39 Å². The molecule has 16 heavy (non-hydrogen) atoms. The standard InChI is InChI=1S/C14H8BrF/c15-14-11-6-2-1-4-9(11)8-10-5-3-7-12(16)13(10)14/h1-8H. The van der Waals surface area contributed by atoms with E-state index in [1.165, 1.54) is 6.07 Å². The molecule has 0 bridgehead atoms. The van der Waals surface area contributed by atoms with Gasteiger partial charge in [-0.25, -0.2) is 4.39 Å². The molecule has 0 spiro atoms. The summed E-state index contributed by atoms with van der Waals surface area (Å²) in [5.74, 6) is -0.185. The molecular weight excluding hydrogens is 267 g/mol. The topological polar surface area (TPSA) is 0 Å². The van der Waals surface area contributed by atoms with Crippen LogP contribution < -0.4 is 0 Å². The van der Waals surface area contributed by atoms with E-state index in [0.29, 0.717) is 5.39 Å². The van der Waals surface area contributed by atoms with Gasteiger partial charge in [-0.1, -0.05) is 36.4 Å². The molecule has 0 atom stereocenters. The lowest BCUT2D eigenvalue weighted by molar-refractivity contribution is 0.639. The summed E-state index contributed by atoms with van der Waals surface area (Å²) in [5.41, 5.74) is 0. The monoisotopic (exact) mass is 274 g/mol. The van der Waals surface area contributed by atoms with Crippen molar-refractivity contribution in [2.24, 2.45) is 0 Å². The van der Waals surface area contributed by atoms with Crippen molar-refractivity contribution in [3.8, 4) is 0 Å². The van der Waals surface area contributed by atoms with Crippen molar-refractivity contribution in [3.05, 3.63) is 58.8 Å². The van der Waals surface area contributed by atoms with Crippen LogP contribution in [-0.4, -0.2) is 0 Å². The second-order valence-electron chi connectivity index (χ2n) is 3.75. The van der Waals surface area contributed by atoms with Gasteiger partial charge in [-0.05, 0) is 44.2 Å². The molecule has 2 heteroatoms. The largest absolute Gasteiger partial charge is 0.206 e. The minimum Gasteiger partial charge on any atom is -0.206 e. The highest BCUT2D eigenvalue weighted by atomic mass is 79.9. The van der Waals surface area contributed by atoms with Crippen molar-refractivity contribution in [1.82, 2.24) is 0 Å². The summed E-state index contributed by atoms with van der Waals surface area (Å²) < 4.78 is 14.6. The fraction of sp³-hybridized carbons (Fsp3) is 0. The Bertz CT molecular complexity index is 689. The van der Waals surface area contributed by atoms with E-state index in [1.807, 2.05) is 36.4 Å². The van der Waals surface area contributed by atoms with Gasteiger partial charge >= 0.3 is 0 Å². The molecule has 0 unspecified atom stereocenters. The summed E-state index contributed by atoms with van der Waals surface area (Å²) >= 11 is 3.49. The smallest absolute Gasteiger partial charge is 0.132 e. The third kappa shape index (κ3) is 1.34. The molecule has 0 aliphatic carbocycles. The van der Waals surface area contributed by atoms with Crippen molar-refractivity contribution < 1.29 is 4.39 Å². The number of benzene rings is 3. The summed E-state index contributed by atoms with van der Waals surface area (Å²) in [4.78, 5) is 0. The molecule has 0 fully saturated rings. The summed E-state index contributed by atoms with van der Waals surface area (Å²) in [6.07, 6.45) is 0. The lowest BCUT2D eigenvalue weighted by Crippen LogP contribution is -1.83. The number of rotatable bonds is 0. The van der Waals surface area contributed by atoms with E-state index in [4.69, 9.17) is 0 Å². The maximum absolute atomic E-state index is 13.7. The van der Waals surface area contributed by atoms with Crippen LogP contribution >= 0.6 is 15.9 Å². The molecule has 0 aromatic heterocycles. The fourth-order valence-electron chi connectivity index (χ4n) is 2.02.